The largest absolute Gasteiger partial charge is 0.465 e. The van der Waals surface area contributed by atoms with Crippen LogP contribution >= 0.6 is 0 Å². The quantitative estimate of drug-likeness (QED) is 0.594. The molecule has 2 heterocycles. The molecule has 0 radical (unpaired) electrons. The molecule has 0 bridgehead atoms. The number of carbonyl (C=O) groups excluding carboxylic acids is 2. The Labute approximate surface area is 139 Å². The number of carbonyl (C=O) groups is 2. The number of aldehydes is 1. The monoisotopic (exact) mass is 336 g/mol. The van der Waals surface area contributed by atoms with Gasteiger partial charge in [0.05, 0.1) is 19.3 Å². The SMILES string of the molecule is COC(=O)c1ccc(CO[C@@H]2[C@H]3OC(C)(C)O[C@H]3O[C@@H]2C=O)cc1. The summed E-state index contributed by atoms with van der Waals surface area (Å²) in [6.07, 6.45) is -1.64. The number of methoxy groups -OCH3 is 1. The summed E-state index contributed by atoms with van der Waals surface area (Å²) >= 11 is 0. The molecule has 0 unspecified atom stereocenters. The van der Waals surface area contributed by atoms with E-state index in [1.54, 1.807) is 38.1 Å². The van der Waals surface area contributed by atoms with Gasteiger partial charge in [-0.2, -0.15) is 0 Å². The minimum atomic E-state index is -0.771. The molecule has 1 aromatic carbocycles. The molecule has 4 atom stereocenters. The van der Waals surface area contributed by atoms with Crippen molar-refractivity contribution in [2.45, 2.75) is 50.8 Å². The number of esters is 1. The summed E-state index contributed by atoms with van der Waals surface area (Å²) in [5.74, 6) is -1.17. The Balaban J connectivity index is 1.64. The fourth-order valence-electron chi connectivity index (χ4n) is 2.85. The number of benzene rings is 1. The van der Waals surface area contributed by atoms with Crippen molar-refractivity contribution in [3.63, 3.8) is 0 Å². The zero-order chi connectivity index (χ0) is 17.3. The second-order valence-electron chi connectivity index (χ2n) is 6.17. The topological polar surface area (TPSA) is 80.3 Å². The summed E-state index contributed by atoms with van der Waals surface area (Å²) in [4.78, 5) is 22.6. The van der Waals surface area contributed by atoms with Crippen LogP contribution in [0.3, 0.4) is 0 Å². The summed E-state index contributed by atoms with van der Waals surface area (Å²) < 4.78 is 27.4. The van der Waals surface area contributed by atoms with Gasteiger partial charge in [0.1, 0.15) is 18.3 Å². The van der Waals surface area contributed by atoms with Crippen LogP contribution in [-0.4, -0.2) is 49.8 Å². The first-order valence-electron chi connectivity index (χ1n) is 7.69. The van der Waals surface area contributed by atoms with Crippen molar-refractivity contribution in [1.29, 1.82) is 0 Å². The van der Waals surface area contributed by atoms with Crippen LogP contribution in [0.5, 0.6) is 0 Å². The molecule has 7 nitrogen and oxygen atoms in total. The maximum absolute atomic E-state index is 11.4. The Hall–Kier alpha value is -1.80. The first-order valence-corrected chi connectivity index (χ1v) is 7.69. The molecule has 1 aromatic rings. The van der Waals surface area contributed by atoms with E-state index in [1.807, 2.05) is 0 Å². The summed E-state index contributed by atoms with van der Waals surface area (Å²) in [5.41, 5.74) is 1.32. The number of ether oxygens (including phenoxy) is 5. The molecular formula is C17H20O7. The first kappa shape index (κ1) is 17.0. The van der Waals surface area contributed by atoms with Gasteiger partial charge in [0.25, 0.3) is 0 Å². The van der Waals surface area contributed by atoms with Crippen molar-refractivity contribution >= 4 is 12.3 Å². The van der Waals surface area contributed by atoms with E-state index < -0.39 is 36.4 Å². The summed E-state index contributed by atoms with van der Waals surface area (Å²) in [6, 6.07) is 6.86. The van der Waals surface area contributed by atoms with Gasteiger partial charge in [-0.05, 0) is 31.5 Å². The van der Waals surface area contributed by atoms with Crippen LogP contribution < -0.4 is 0 Å². The minimum Gasteiger partial charge on any atom is -0.465 e. The normalized spacial score (nSPS) is 30.8. The molecule has 0 amide bonds. The van der Waals surface area contributed by atoms with E-state index >= 15 is 0 Å². The highest BCUT2D eigenvalue weighted by Gasteiger charge is 2.55. The lowest BCUT2D eigenvalue weighted by atomic mass is 10.1. The van der Waals surface area contributed by atoms with E-state index in [-0.39, 0.29) is 6.61 Å². The van der Waals surface area contributed by atoms with Gasteiger partial charge < -0.3 is 28.5 Å². The molecular weight excluding hydrogens is 316 g/mol. The molecule has 130 valence electrons. The van der Waals surface area contributed by atoms with Crippen molar-refractivity contribution in [2.24, 2.45) is 0 Å². The van der Waals surface area contributed by atoms with Crippen molar-refractivity contribution < 1.29 is 33.3 Å². The van der Waals surface area contributed by atoms with Gasteiger partial charge >= 0.3 is 5.97 Å². The second kappa shape index (κ2) is 6.60. The molecule has 2 aliphatic rings. The standard InChI is InChI=1S/C17H20O7/c1-17(2)23-14-13(12(8-18)22-16(14)24-17)21-9-10-4-6-11(7-5-10)15(19)20-3/h4-8,12-14,16H,9H2,1-3H3/t12-,13+,14-,16-/m1/s1. The molecule has 0 saturated carbocycles. The number of hydrogen-bond acceptors (Lipinski definition) is 7. The van der Waals surface area contributed by atoms with Crippen LogP contribution in [0.25, 0.3) is 0 Å². The Morgan fingerprint density at radius 2 is 1.96 bits per heavy atom. The maximum atomic E-state index is 11.4. The van der Waals surface area contributed by atoms with Gasteiger partial charge in [-0.15, -0.1) is 0 Å². The number of hydrogen-bond donors (Lipinski definition) is 0. The summed E-state index contributed by atoms with van der Waals surface area (Å²) in [7, 11) is 1.33. The fraction of sp³-hybridized carbons (Fsp3) is 0.529. The van der Waals surface area contributed by atoms with E-state index in [4.69, 9.17) is 18.9 Å². The lowest BCUT2D eigenvalue weighted by Gasteiger charge is -2.23. The predicted molar refractivity (Wildman–Crippen MR) is 81.1 cm³/mol. The summed E-state index contributed by atoms with van der Waals surface area (Å²) in [5, 5.41) is 0. The van der Waals surface area contributed by atoms with Crippen molar-refractivity contribution in [2.75, 3.05) is 7.11 Å². The number of rotatable bonds is 5. The summed E-state index contributed by atoms with van der Waals surface area (Å²) in [6.45, 7) is 3.83. The zero-order valence-corrected chi connectivity index (χ0v) is 13.8. The predicted octanol–water partition coefficient (Wildman–Crippen LogP) is 1.43. The molecule has 0 aromatic heterocycles. The number of fused-ring (bicyclic) bond motifs is 1. The highest BCUT2D eigenvalue weighted by atomic mass is 16.8. The Morgan fingerprint density at radius 3 is 2.58 bits per heavy atom. The maximum Gasteiger partial charge on any atom is 0.337 e. The smallest absolute Gasteiger partial charge is 0.337 e. The second-order valence-corrected chi connectivity index (χ2v) is 6.17. The van der Waals surface area contributed by atoms with Crippen LogP contribution in [0.4, 0.5) is 0 Å². The average molecular weight is 336 g/mol. The van der Waals surface area contributed by atoms with E-state index in [1.165, 1.54) is 7.11 Å². The minimum absolute atomic E-state index is 0.257. The van der Waals surface area contributed by atoms with Crippen LogP contribution in [-0.2, 0) is 35.1 Å². The zero-order valence-electron chi connectivity index (χ0n) is 13.8. The van der Waals surface area contributed by atoms with E-state index in [0.29, 0.717) is 11.8 Å². The van der Waals surface area contributed by atoms with E-state index in [2.05, 4.69) is 4.74 Å². The molecule has 0 spiro atoms. The molecule has 7 heteroatoms. The van der Waals surface area contributed by atoms with E-state index in [0.717, 1.165) is 5.56 Å². The van der Waals surface area contributed by atoms with Gasteiger partial charge in [-0.3, -0.25) is 0 Å². The van der Waals surface area contributed by atoms with Crippen molar-refractivity contribution in [3.05, 3.63) is 35.4 Å². The highest BCUT2D eigenvalue weighted by molar-refractivity contribution is 5.89. The van der Waals surface area contributed by atoms with Gasteiger partial charge in [0.15, 0.2) is 18.4 Å². The first-order chi connectivity index (χ1) is 11.4. The van der Waals surface area contributed by atoms with Gasteiger partial charge in [-0.1, -0.05) is 12.1 Å². The molecule has 0 aliphatic carbocycles. The lowest BCUT2D eigenvalue weighted by molar-refractivity contribution is -0.216. The highest BCUT2D eigenvalue weighted by Crippen LogP contribution is 2.38. The van der Waals surface area contributed by atoms with Crippen molar-refractivity contribution in [1.82, 2.24) is 0 Å². The molecule has 0 N–H and O–H groups in total. The molecule has 2 aliphatic heterocycles. The Bertz CT molecular complexity index is 610. The molecule has 2 fully saturated rings. The van der Waals surface area contributed by atoms with Gasteiger partial charge in [0, 0.05) is 0 Å². The third-order valence-electron chi connectivity index (χ3n) is 3.98. The fourth-order valence-corrected chi connectivity index (χ4v) is 2.85. The van der Waals surface area contributed by atoms with Crippen LogP contribution in [0.15, 0.2) is 24.3 Å². The third-order valence-corrected chi connectivity index (χ3v) is 3.98. The van der Waals surface area contributed by atoms with Gasteiger partial charge in [-0.25, -0.2) is 4.79 Å². The van der Waals surface area contributed by atoms with E-state index in [9.17, 15) is 9.59 Å². The van der Waals surface area contributed by atoms with Crippen molar-refractivity contribution in [3.8, 4) is 0 Å². The van der Waals surface area contributed by atoms with Crippen LogP contribution in [0.2, 0.25) is 0 Å². The van der Waals surface area contributed by atoms with Crippen LogP contribution in [0.1, 0.15) is 29.8 Å². The molecule has 2 saturated heterocycles. The molecule has 24 heavy (non-hydrogen) atoms. The average Bonchev–Trinajstić information content (AvgIpc) is 3.04. The Kier molecular flexibility index (Phi) is 4.69. The third kappa shape index (κ3) is 3.34. The Morgan fingerprint density at radius 1 is 1.25 bits per heavy atom. The lowest BCUT2D eigenvalue weighted by Crippen LogP contribution is -2.37. The van der Waals surface area contributed by atoms with Gasteiger partial charge in [0.2, 0.25) is 0 Å². The molecule has 3 rings (SSSR count). The van der Waals surface area contributed by atoms with Crippen LogP contribution in [0, 0.1) is 0 Å².